The van der Waals surface area contributed by atoms with Crippen LogP contribution in [-0.4, -0.2) is 135 Å². The van der Waals surface area contributed by atoms with E-state index in [0.29, 0.717) is 6.07 Å². The van der Waals surface area contributed by atoms with Gasteiger partial charge in [-0.3, -0.25) is 9.59 Å². The molecule has 12 N–H and O–H groups in total. The van der Waals surface area contributed by atoms with E-state index in [1.807, 2.05) is 0 Å². The lowest BCUT2D eigenvalue weighted by molar-refractivity contribution is -0.318. The van der Waals surface area contributed by atoms with Crippen molar-refractivity contribution in [1.82, 2.24) is 0 Å². The lowest BCUT2D eigenvalue weighted by Crippen LogP contribution is -2.61. The van der Waals surface area contributed by atoms with Crippen molar-refractivity contribution in [3.8, 4) is 57.3 Å². The van der Waals surface area contributed by atoms with E-state index in [1.165, 1.54) is 55.5 Å². The number of carbonyl (C=O) groups excluding carboxylic acids is 1. The molecule has 0 saturated carbocycles. The number of aliphatic hydroxyl groups is 6. The molecule has 4 aliphatic heterocycles. The van der Waals surface area contributed by atoms with Crippen LogP contribution in [0.5, 0.6) is 46.0 Å². The molecule has 21 heteroatoms. The number of phenolic OH excluding ortho intramolecular Hbond substituents is 6. The second-order valence-corrected chi connectivity index (χ2v) is 15.5. The number of benzene rings is 4. The molecule has 63 heavy (non-hydrogen) atoms. The van der Waals surface area contributed by atoms with E-state index in [1.54, 1.807) is 0 Å². The first kappa shape index (κ1) is 42.1. The summed E-state index contributed by atoms with van der Waals surface area (Å²) in [6.45, 7) is 0.706. The number of ether oxygens (including phenoxy) is 6. The Morgan fingerprint density at radius 2 is 1.30 bits per heavy atom. The summed E-state index contributed by atoms with van der Waals surface area (Å²) in [5.74, 6) is -8.57. The minimum Gasteiger partial charge on any atom is -0.508 e. The fraction of sp³-hybridized carbons (Fsp3) is 0.333. The number of phenols is 6. The average molecular weight is 879 g/mol. The van der Waals surface area contributed by atoms with Gasteiger partial charge in [0.2, 0.25) is 28.9 Å². The van der Waals surface area contributed by atoms with Gasteiger partial charge in [0.25, 0.3) is 5.79 Å². The third kappa shape index (κ3) is 6.39. The molecule has 3 saturated heterocycles. The van der Waals surface area contributed by atoms with Crippen LogP contribution in [0.4, 0.5) is 0 Å². The van der Waals surface area contributed by atoms with E-state index in [4.69, 9.17) is 32.8 Å². The predicted molar refractivity (Wildman–Crippen MR) is 206 cm³/mol. The highest BCUT2D eigenvalue weighted by Gasteiger charge is 2.83. The van der Waals surface area contributed by atoms with Crippen LogP contribution in [0, 0.1) is 0 Å². The first-order valence-electron chi connectivity index (χ1n) is 19.2. The Labute approximate surface area is 352 Å². The van der Waals surface area contributed by atoms with Crippen LogP contribution in [0.1, 0.15) is 28.4 Å². The van der Waals surface area contributed by atoms with Crippen molar-refractivity contribution in [2.45, 2.75) is 79.7 Å². The molecule has 9 rings (SSSR count). The molecule has 0 spiro atoms. The van der Waals surface area contributed by atoms with Crippen molar-refractivity contribution in [1.29, 1.82) is 0 Å². The molecule has 0 bridgehead atoms. The normalized spacial score (nSPS) is 32.4. The quantitative estimate of drug-likeness (QED) is 0.0918. The van der Waals surface area contributed by atoms with E-state index >= 15 is 0 Å². The fourth-order valence-corrected chi connectivity index (χ4v) is 8.21. The second-order valence-electron chi connectivity index (χ2n) is 15.5. The summed E-state index contributed by atoms with van der Waals surface area (Å²) < 4.78 is 41.4. The Morgan fingerprint density at radius 3 is 1.98 bits per heavy atom. The Hall–Kier alpha value is -6.24. The van der Waals surface area contributed by atoms with Gasteiger partial charge in [0.15, 0.2) is 17.6 Å². The van der Waals surface area contributed by atoms with Gasteiger partial charge in [-0.05, 0) is 55.5 Å². The maximum atomic E-state index is 14.8. The van der Waals surface area contributed by atoms with Gasteiger partial charge in [-0.2, -0.15) is 0 Å². The fourth-order valence-electron chi connectivity index (χ4n) is 8.21. The third-order valence-corrected chi connectivity index (χ3v) is 11.5. The highest BCUT2D eigenvalue weighted by atomic mass is 16.8. The maximum absolute atomic E-state index is 14.8. The number of hydrogen-bond donors (Lipinski definition) is 12. The molecule has 21 nitrogen and oxygen atoms in total. The summed E-state index contributed by atoms with van der Waals surface area (Å²) in [4.78, 5) is 29.6. The second kappa shape index (κ2) is 14.9. The molecular weight excluding hydrogens is 840 g/mol. The van der Waals surface area contributed by atoms with Crippen molar-refractivity contribution in [2.24, 2.45) is 0 Å². The molecule has 12 atom stereocenters. The molecule has 0 aliphatic carbocycles. The Kier molecular flexibility index (Phi) is 9.98. The van der Waals surface area contributed by atoms with Crippen LogP contribution in [0.2, 0.25) is 0 Å². The van der Waals surface area contributed by atoms with Crippen molar-refractivity contribution in [3.63, 3.8) is 0 Å². The Balaban J connectivity index is 1.18. The van der Waals surface area contributed by atoms with Crippen molar-refractivity contribution in [3.05, 3.63) is 93.6 Å². The van der Waals surface area contributed by atoms with Gasteiger partial charge in [-0.1, -0.05) is 0 Å². The minimum atomic E-state index is -2.54. The van der Waals surface area contributed by atoms with Crippen molar-refractivity contribution < 1.29 is 98.9 Å². The standard InChI is InChI=1S/C42H38O21/c1-14-28(49)31(52)33(54)39(58-14)57-13-24-29(50)32(53)34(55)40(59-24)61-37-30(51)26-21(47)12-22(48)27(36(26)60-35(37)15-2-6-17(43)7-3-15)41-38(56)25-20(46)10-19(45)11-23(25)62-42(41,63-41)16-4-8-18(44)9-5-16/h2-12,14,24,28-29,31-34,39-40,43-50,52-55H,13H2,1H3/t14-,24+,28-,29+,31+,32-,33+,34+,39+,40-,41+,42+/m0/s1. The van der Waals surface area contributed by atoms with E-state index in [0.717, 1.165) is 12.1 Å². The summed E-state index contributed by atoms with van der Waals surface area (Å²) >= 11 is 0. The molecule has 4 aromatic carbocycles. The molecule has 0 unspecified atom stereocenters. The molecule has 0 amide bonds. The topological polar surface area (TPSA) is 349 Å². The number of hydrogen-bond acceptors (Lipinski definition) is 21. The number of Topliss-reactive ketones (excluding diaryl/α,β-unsaturated/α-hetero) is 1. The smallest absolute Gasteiger partial charge is 0.280 e. The zero-order valence-electron chi connectivity index (χ0n) is 32.4. The lowest BCUT2D eigenvalue weighted by atomic mass is 9.79. The van der Waals surface area contributed by atoms with Gasteiger partial charge in [0.1, 0.15) is 93.9 Å². The highest BCUT2D eigenvalue weighted by Crippen LogP contribution is 2.70. The molecule has 5 heterocycles. The van der Waals surface area contributed by atoms with Gasteiger partial charge < -0.3 is 94.1 Å². The summed E-state index contributed by atoms with van der Waals surface area (Å²) in [6, 6.07) is 12.6. The average Bonchev–Trinajstić information content (AvgIpc) is 3.92. The van der Waals surface area contributed by atoms with E-state index in [2.05, 4.69) is 0 Å². The molecule has 0 radical (unpaired) electrons. The monoisotopic (exact) mass is 878 g/mol. The van der Waals surface area contributed by atoms with Crippen LogP contribution >= 0.6 is 0 Å². The predicted octanol–water partition coefficient (Wildman–Crippen LogP) is 0.0779. The number of epoxide rings is 1. The summed E-state index contributed by atoms with van der Waals surface area (Å²) in [5.41, 5.74) is -5.60. The van der Waals surface area contributed by atoms with Crippen molar-refractivity contribution in [2.75, 3.05) is 6.61 Å². The number of carbonyl (C=O) groups is 1. The molecule has 1 aromatic heterocycles. The van der Waals surface area contributed by atoms with E-state index in [9.17, 15) is 70.9 Å². The van der Waals surface area contributed by atoms with Crippen molar-refractivity contribution >= 4 is 16.8 Å². The van der Waals surface area contributed by atoms with Gasteiger partial charge in [-0.15, -0.1) is 0 Å². The molecule has 5 aromatic rings. The van der Waals surface area contributed by atoms with Gasteiger partial charge in [-0.25, -0.2) is 0 Å². The molecule has 4 aliphatic rings. The van der Waals surface area contributed by atoms with Gasteiger partial charge >= 0.3 is 0 Å². The summed E-state index contributed by atoms with van der Waals surface area (Å²) in [5, 5.41) is 127. The number of aromatic hydroxyl groups is 6. The maximum Gasteiger partial charge on any atom is 0.280 e. The minimum absolute atomic E-state index is 0.0386. The van der Waals surface area contributed by atoms with Gasteiger partial charge in [0, 0.05) is 29.3 Å². The number of fused-ring (bicyclic) bond motifs is 3. The highest BCUT2D eigenvalue weighted by molar-refractivity contribution is 6.13. The SMILES string of the molecule is C[C@@H]1O[C@@H](OC[C@H]2O[C@@H](Oc3c(-c4ccc(O)cc4)oc4c([C@]56O[C@@]5(c5ccc(O)cc5)Oc5cc(O)cc(O)c5C6=O)c(O)cc(O)c4c3=O)[C@H](O)[C@@H](O)[C@@H]2O)[C@H](O)[C@H](O)[C@H]1O. The zero-order valence-corrected chi connectivity index (χ0v) is 32.4. The first-order valence-corrected chi connectivity index (χ1v) is 19.2. The third-order valence-electron chi connectivity index (χ3n) is 11.5. The van der Waals surface area contributed by atoms with Crippen LogP contribution in [-0.2, 0) is 30.3 Å². The summed E-state index contributed by atoms with van der Waals surface area (Å²) in [7, 11) is 0. The lowest BCUT2D eigenvalue weighted by Gasteiger charge is -2.42. The number of aliphatic hydroxyl groups excluding tert-OH is 6. The Bertz CT molecular complexity index is 2680. The number of rotatable bonds is 8. The molecule has 3 fully saturated rings. The van der Waals surface area contributed by atoms with Crippen LogP contribution in [0.25, 0.3) is 22.3 Å². The van der Waals surface area contributed by atoms with Crippen LogP contribution in [0.15, 0.2) is 75.9 Å². The van der Waals surface area contributed by atoms with E-state index < -0.39 is 147 Å². The first-order chi connectivity index (χ1) is 29.9. The zero-order chi connectivity index (χ0) is 45.0. The van der Waals surface area contributed by atoms with Crippen LogP contribution in [0.3, 0.4) is 0 Å². The summed E-state index contributed by atoms with van der Waals surface area (Å²) in [6.07, 6.45) is -17.1. The van der Waals surface area contributed by atoms with E-state index in [-0.39, 0.29) is 28.4 Å². The molecule has 332 valence electrons. The largest absolute Gasteiger partial charge is 0.508 e. The van der Waals surface area contributed by atoms with Crippen LogP contribution < -0.4 is 14.9 Å². The number of ketones is 1. The Morgan fingerprint density at radius 1 is 0.667 bits per heavy atom. The van der Waals surface area contributed by atoms with Gasteiger partial charge in [0.05, 0.1) is 18.3 Å². The molecular formula is C42H38O21.